The topological polar surface area (TPSA) is 59.1 Å². The van der Waals surface area contributed by atoms with Crippen LogP contribution >= 0.6 is 0 Å². The van der Waals surface area contributed by atoms with Crippen molar-refractivity contribution in [3.8, 4) is 11.5 Å². The molecule has 0 radical (unpaired) electrons. The number of rotatable bonds is 4. The molecular formula is C28H28N2O4. The first-order valence-corrected chi connectivity index (χ1v) is 12.4. The molecule has 2 bridgehead atoms. The molecule has 1 fully saturated rings. The molecule has 6 nitrogen and oxygen atoms in total. The number of fused-ring (bicyclic) bond motifs is 1. The highest BCUT2D eigenvalue weighted by atomic mass is 16.5. The summed E-state index contributed by atoms with van der Waals surface area (Å²) in [6.45, 7) is 4.31. The van der Waals surface area contributed by atoms with Gasteiger partial charge in [0, 0.05) is 22.9 Å². The lowest BCUT2D eigenvalue weighted by atomic mass is 9.53. The molecule has 2 aromatic carbocycles. The average molecular weight is 457 g/mol. The highest BCUT2D eigenvalue weighted by molar-refractivity contribution is 6.21. The summed E-state index contributed by atoms with van der Waals surface area (Å²) in [5.41, 5.74) is 3.26. The highest BCUT2D eigenvalue weighted by Crippen LogP contribution is 2.63. The Morgan fingerprint density at radius 2 is 1.85 bits per heavy atom. The van der Waals surface area contributed by atoms with Crippen molar-refractivity contribution in [3.05, 3.63) is 70.8 Å². The van der Waals surface area contributed by atoms with Crippen LogP contribution in [0, 0.1) is 5.92 Å². The zero-order valence-corrected chi connectivity index (χ0v) is 19.5. The SMILES string of the molecule is CCCN1CC[C@]23c4c5ccc(OC)c4O[C@H]2[C@H](N2C(=O)c4ccccc4C2=O)C=C[C@H]3[C@H]1C5. The van der Waals surface area contributed by atoms with Gasteiger partial charge in [-0.1, -0.05) is 37.3 Å². The molecule has 0 N–H and O–H groups in total. The second-order valence-electron chi connectivity index (χ2n) is 10.2. The number of piperidine rings is 1. The monoisotopic (exact) mass is 456 g/mol. The van der Waals surface area contributed by atoms with Crippen molar-refractivity contribution >= 4 is 11.8 Å². The van der Waals surface area contributed by atoms with E-state index < -0.39 is 6.04 Å². The van der Waals surface area contributed by atoms with Gasteiger partial charge in [-0.2, -0.15) is 0 Å². The Bertz CT molecular complexity index is 1230. The second kappa shape index (κ2) is 6.95. The number of hydrogen-bond acceptors (Lipinski definition) is 5. The third kappa shape index (κ3) is 2.30. The van der Waals surface area contributed by atoms with Crippen molar-refractivity contribution in [2.75, 3.05) is 20.2 Å². The summed E-state index contributed by atoms with van der Waals surface area (Å²) in [6.07, 6.45) is 7.09. The molecule has 1 saturated heterocycles. The smallest absolute Gasteiger partial charge is 0.262 e. The molecule has 0 aromatic heterocycles. The van der Waals surface area contributed by atoms with E-state index in [4.69, 9.17) is 9.47 Å². The molecule has 3 heterocycles. The van der Waals surface area contributed by atoms with Gasteiger partial charge in [0.25, 0.3) is 11.8 Å². The van der Waals surface area contributed by atoms with Crippen LogP contribution < -0.4 is 9.47 Å². The van der Waals surface area contributed by atoms with Gasteiger partial charge >= 0.3 is 0 Å². The Balaban J connectivity index is 1.40. The van der Waals surface area contributed by atoms with Crippen molar-refractivity contribution in [2.24, 2.45) is 5.92 Å². The molecule has 2 aliphatic carbocycles. The van der Waals surface area contributed by atoms with Gasteiger partial charge in [-0.25, -0.2) is 0 Å². The number of likely N-dealkylation sites (tertiary alicyclic amines) is 1. The first-order chi connectivity index (χ1) is 16.6. The molecule has 0 saturated carbocycles. The van der Waals surface area contributed by atoms with E-state index in [0.29, 0.717) is 17.2 Å². The summed E-state index contributed by atoms with van der Waals surface area (Å²) in [6, 6.07) is 11.3. The minimum absolute atomic E-state index is 0.229. The number of ether oxygens (including phenoxy) is 2. The summed E-state index contributed by atoms with van der Waals surface area (Å²) in [5.74, 6) is 1.37. The van der Waals surface area contributed by atoms with Crippen LogP contribution in [-0.2, 0) is 11.8 Å². The molecule has 7 rings (SSSR count). The summed E-state index contributed by atoms with van der Waals surface area (Å²) in [5, 5.41) is 0. The van der Waals surface area contributed by atoms with Crippen LogP contribution in [0.5, 0.6) is 11.5 Å². The summed E-state index contributed by atoms with van der Waals surface area (Å²) in [7, 11) is 1.67. The Morgan fingerprint density at radius 3 is 2.56 bits per heavy atom. The molecule has 3 aliphatic heterocycles. The van der Waals surface area contributed by atoms with Crippen LogP contribution in [0.4, 0.5) is 0 Å². The Kier molecular flexibility index (Phi) is 4.14. The van der Waals surface area contributed by atoms with E-state index in [0.717, 1.165) is 43.9 Å². The third-order valence-corrected chi connectivity index (χ3v) is 8.83. The lowest BCUT2D eigenvalue weighted by molar-refractivity contribution is -0.0317. The average Bonchev–Trinajstić information content (AvgIpc) is 3.33. The molecule has 2 amide bonds. The maximum atomic E-state index is 13.4. The number of carbonyl (C=O) groups excluding carboxylic acids is 2. The van der Waals surface area contributed by atoms with Gasteiger partial charge < -0.3 is 9.47 Å². The van der Waals surface area contributed by atoms with E-state index >= 15 is 0 Å². The summed E-state index contributed by atoms with van der Waals surface area (Å²) < 4.78 is 12.5. The Hall–Kier alpha value is -3.12. The Labute approximate surface area is 199 Å². The molecule has 34 heavy (non-hydrogen) atoms. The zero-order chi connectivity index (χ0) is 23.2. The lowest BCUT2D eigenvalue weighted by Crippen LogP contribution is -2.67. The van der Waals surface area contributed by atoms with Gasteiger partial charge in [0.2, 0.25) is 0 Å². The normalized spacial score (nSPS) is 32.5. The van der Waals surface area contributed by atoms with Crippen LogP contribution in [0.2, 0.25) is 0 Å². The summed E-state index contributed by atoms with van der Waals surface area (Å²) in [4.78, 5) is 31.0. The molecule has 0 unspecified atom stereocenters. The fourth-order valence-electron chi connectivity index (χ4n) is 7.55. The van der Waals surface area contributed by atoms with Crippen LogP contribution in [0.15, 0.2) is 48.6 Å². The van der Waals surface area contributed by atoms with Crippen LogP contribution in [0.25, 0.3) is 0 Å². The minimum Gasteiger partial charge on any atom is -0.493 e. The highest BCUT2D eigenvalue weighted by Gasteiger charge is 2.66. The third-order valence-electron chi connectivity index (χ3n) is 8.83. The molecule has 174 valence electrons. The fourth-order valence-corrected chi connectivity index (χ4v) is 7.55. The number of benzene rings is 2. The van der Waals surface area contributed by atoms with Gasteiger partial charge in [-0.15, -0.1) is 0 Å². The largest absolute Gasteiger partial charge is 0.493 e. The van der Waals surface area contributed by atoms with Crippen LogP contribution in [0.3, 0.4) is 0 Å². The van der Waals surface area contributed by atoms with Gasteiger partial charge in [0.05, 0.1) is 24.3 Å². The number of amides is 2. The predicted molar refractivity (Wildman–Crippen MR) is 126 cm³/mol. The number of nitrogens with zero attached hydrogens (tertiary/aromatic N) is 2. The quantitative estimate of drug-likeness (QED) is 0.520. The summed E-state index contributed by atoms with van der Waals surface area (Å²) >= 11 is 0. The van der Waals surface area contributed by atoms with E-state index in [-0.39, 0.29) is 29.3 Å². The van der Waals surface area contributed by atoms with E-state index in [1.54, 1.807) is 19.2 Å². The molecule has 2 aromatic rings. The number of carbonyl (C=O) groups is 2. The number of hydrogen-bond donors (Lipinski definition) is 0. The maximum Gasteiger partial charge on any atom is 0.262 e. The van der Waals surface area contributed by atoms with E-state index in [1.165, 1.54) is 16.0 Å². The van der Waals surface area contributed by atoms with E-state index in [2.05, 4.69) is 30.0 Å². The van der Waals surface area contributed by atoms with Gasteiger partial charge in [-0.05, 0) is 56.1 Å². The molecule has 1 spiro atoms. The van der Waals surface area contributed by atoms with Crippen molar-refractivity contribution in [1.82, 2.24) is 9.80 Å². The molecule has 5 atom stereocenters. The maximum absolute atomic E-state index is 13.4. The first kappa shape index (κ1) is 20.3. The van der Waals surface area contributed by atoms with Crippen molar-refractivity contribution in [2.45, 2.75) is 49.8 Å². The van der Waals surface area contributed by atoms with Crippen LogP contribution in [0.1, 0.15) is 51.6 Å². The van der Waals surface area contributed by atoms with Crippen molar-refractivity contribution in [1.29, 1.82) is 0 Å². The lowest BCUT2D eigenvalue weighted by Gasteiger charge is -2.58. The molecule has 6 heteroatoms. The number of methoxy groups -OCH3 is 1. The predicted octanol–water partition coefficient (Wildman–Crippen LogP) is 3.59. The second-order valence-corrected chi connectivity index (χ2v) is 10.2. The van der Waals surface area contributed by atoms with Gasteiger partial charge in [0.1, 0.15) is 6.10 Å². The standard InChI is InChI=1S/C28H28N2O4/c1-3-13-29-14-12-28-19-9-10-20(30-26(31)17-6-4-5-7-18(17)27(30)32)25(28)34-24-22(33-2)11-8-16(23(24)28)15-21(19)29/h4-11,19-21,25H,3,12-15H2,1-2H3/t19-,20+,21+,25-,28-/m0/s1. The molecule has 5 aliphatic rings. The Morgan fingerprint density at radius 1 is 1.09 bits per heavy atom. The van der Waals surface area contributed by atoms with Crippen molar-refractivity contribution < 1.29 is 19.1 Å². The van der Waals surface area contributed by atoms with Crippen molar-refractivity contribution in [3.63, 3.8) is 0 Å². The van der Waals surface area contributed by atoms with E-state index in [9.17, 15) is 9.59 Å². The number of imide groups is 1. The van der Waals surface area contributed by atoms with Gasteiger partial charge in [-0.3, -0.25) is 19.4 Å². The zero-order valence-electron chi connectivity index (χ0n) is 19.5. The minimum atomic E-state index is -0.454. The van der Waals surface area contributed by atoms with Gasteiger partial charge in [0.15, 0.2) is 11.5 Å². The first-order valence-electron chi connectivity index (χ1n) is 12.4. The molecular weight excluding hydrogens is 428 g/mol. The van der Waals surface area contributed by atoms with Crippen LogP contribution in [-0.4, -0.2) is 60.0 Å². The van der Waals surface area contributed by atoms with E-state index in [1.807, 2.05) is 18.2 Å². The fraction of sp³-hybridized carbons (Fsp3) is 0.429.